The summed E-state index contributed by atoms with van der Waals surface area (Å²) in [6.45, 7) is 7.12. The topological polar surface area (TPSA) is 104 Å². The third-order valence-electron chi connectivity index (χ3n) is 3.13. The van der Waals surface area contributed by atoms with Gasteiger partial charge in [-0.15, -0.1) is 0 Å². The molecule has 1 aromatic rings. The molecule has 0 saturated heterocycles. The number of amides is 2. The number of aromatic nitrogens is 2. The smallest absolute Gasteiger partial charge is 0.314 e. The molecule has 7 nitrogen and oxygen atoms in total. The van der Waals surface area contributed by atoms with Crippen molar-refractivity contribution in [2.75, 3.05) is 13.1 Å². The van der Waals surface area contributed by atoms with Crippen LogP contribution in [0.1, 0.15) is 51.6 Å². The van der Waals surface area contributed by atoms with Crippen molar-refractivity contribution in [1.82, 2.24) is 20.6 Å². The first-order valence-corrected chi connectivity index (χ1v) is 7.85. The maximum Gasteiger partial charge on any atom is 0.314 e. The van der Waals surface area contributed by atoms with E-state index in [1.165, 1.54) is 0 Å². The van der Waals surface area contributed by atoms with Gasteiger partial charge in [0.1, 0.15) is 5.82 Å². The molecule has 0 aliphatic heterocycles. The molecule has 128 valence electrons. The summed E-state index contributed by atoms with van der Waals surface area (Å²) in [5.41, 5.74) is 0.887. The van der Waals surface area contributed by atoms with Crippen molar-refractivity contribution < 1.29 is 14.7 Å². The monoisotopic (exact) mass is 322 g/mol. The van der Waals surface area contributed by atoms with Crippen LogP contribution in [0.4, 0.5) is 4.79 Å². The molecule has 2 amide bonds. The Morgan fingerprint density at radius 3 is 2.43 bits per heavy atom. The summed E-state index contributed by atoms with van der Waals surface area (Å²) in [6, 6.07) is 1.62. The number of aryl methyl sites for hydroxylation is 1. The first-order valence-electron chi connectivity index (χ1n) is 7.85. The van der Waals surface area contributed by atoms with Gasteiger partial charge in [-0.05, 0) is 25.3 Å². The van der Waals surface area contributed by atoms with Crippen LogP contribution in [0.5, 0.6) is 0 Å². The minimum absolute atomic E-state index is 0.0596. The van der Waals surface area contributed by atoms with Gasteiger partial charge in [-0.3, -0.25) is 4.79 Å². The molecule has 0 radical (unpaired) electrons. The highest BCUT2D eigenvalue weighted by molar-refractivity contribution is 5.73. The Hall–Kier alpha value is -2.18. The zero-order valence-electron chi connectivity index (χ0n) is 14.1. The van der Waals surface area contributed by atoms with Crippen LogP contribution >= 0.6 is 0 Å². The number of hydrogen-bond acceptors (Lipinski definition) is 4. The Morgan fingerprint density at radius 2 is 1.83 bits per heavy atom. The van der Waals surface area contributed by atoms with E-state index in [1.54, 1.807) is 6.20 Å². The molecule has 7 heteroatoms. The van der Waals surface area contributed by atoms with Crippen molar-refractivity contribution in [3.05, 3.63) is 23.8 Å². The number of hydrogen-bond donors (Lipinski definition) is 3. The lowest BCUT2D eigenvalue weighted by atomic mass is 9.95. The van der Waals surface area contributed by atoms with Crippen LogP contribution in [0.3, 0.4) is 0 Å². The third kappa shape index (κ3) is 8.13. The largest absolute Gasteiger partial charge is 0.481 e. The predicted octanol–water partition coefficient (Wildman–Crippen LogP) is 1.87. The van der Waals surface area contributed by atoms with Crippen LogP contribution in [0, 0.1) is 0 Å². The SMILES string of the molecule is CC(C)(C)c1nccc(CCCNC(=O)NCCCC(=O)O)n1. The summed E-state index contributed by atoms with van der Waals surface area (Å²) in [7, 11) is 0. The summed E-state index contributed by atoms with van der Waals surface area (Å²) in [5.74, 6) is -0.0363. The van der Waals surface area contributed by atoms with Gasteiger partial charge in [-0.25, -0.2) is 14.8 Å². The van der Waals surface area contributed by atoms with Gasteiger partial charge in [0.25, 0.3) is 0 Å². The van der Waals surface area contributed by atoms with Gasteiger partial charge >= 0.3 is 12.0 Å². The quantitative estimate of drug-likeness (QED) is 0.634. The van der Waals surface area contributed by atoms with E-state index in [1.807, 2.05) is 6.07 Å². The van der Waals surface area contributed by atoms with E-state index in [0.29, 0.717) is 19.5 Å². The minimum atomic E-state index is -0.855. The van der Waals surface area contributed by atoms with Crippen molar-refractivity contribution in [3.63, 3.8) is 0 Å². The van der Waals surface area contributed by atoms with Crippen LogP contribution in [0.15, 0.2) is 12.3 Å². The summed E-state index contributed by atoms with van der Waals surface area (Å²) in [6.07, 6.45) is 3.81. The van der Waals surface area contributed by atoms with Crippen molar-refractivity contribution in [2.24, 2.45) is 0 Å². The fourth-order valence-corrected chi connectivity index (χ4v) is 1.87. The van der Waals surface area contributed by atoms with Crippen LogP contribution in [-0.2, 0) is 16.6 Å². The lowest BCUT2D eigenvalue weighted by molar-refractivity contribution is -0.137. The highest BCUT2D eigenvalue weighted by Gasteiger charge is 2.17. The molecule has 1 rings (SSSR count). The van der Waals surface area contributed by atoms with E-state index in [9.17, 15) is 9.59 Å². The highest BCUT2D eigenvalue weighted by atomic mass is 16.4. The summed E-state index contributed by atoms with van der Waals surface area (Å²) >= 11 is 0. The van der Waals surface area contributed by atoms with E-state index in [0.717, 1.165) is 24.4 Å². The van der Waals surface area contributed by atoms with Crippen molar-refractivity contribution in [3.8, 4) is 0 Å². The number of carboxylic acids is 1. The lowest BCUT2D eigenvalue weighted by Crippen LogP contribution is -2.36. The molecular weight excluding hydrogens is 296 g/mol. The highest BCUT2D eigenvalue weighted by Crippen LogP contribution is 2.17. The van der Waals surface area contributed by atoms with Crippen molar-refractivity contribution in [1.29, 1.82) is 0 Å². The molecule has 0 aliphatic rings. The fraction of sp³-hybridized carbons (Fsp3) is 0.625. The number of nitrogens with zero attached hydrogens (tertiary/aromatic N) is 2. The maximum absolute atomic E-state index is 11.5. The van der Waals surface area contributed by atoms with Crippen LogP contribution in [0.2, 0.25) is 0 Å². The van der Waals surface area contributed by atoms with Crippen LogP contribution in [0.25, 0.3) is 0 Å². The first-order chi connectivity index (χ1) is 10.8. The second-order valence-electron chi connectivity index (χ2n) is 6.41. The van der Waals surface area contributed by atoms with Crippen LogP contribution < -0.4 is 10.6 Å². The normalized spacial score (nSPS) is 11.1. The molecule has 0 saturated carbocycles. The summed E-state index contributed by atoms with van der Waals surface area (Å²) in [4.78, 5) is 30.7. The van der Waals surface area contributed by atoms with E-state index in [4.69, 9.17) is 5.11 Å². The second kappa shape index (κ2) is 9.07. The number of urea groups is 1. The Balaban J connectivity index is 2.22. The second-order valence-corrected chi connectivity index (χ2v) is 6.41. The number of rotatable bonds is 8. The third-order valence-corrected chi connectivity index (χ3v) is 3.13. The zero-order valence-corrected chi connectivity index (χ0v) is 14.1. The maximum atomic E-state index is 11.5. The predicted molar refractivity (Wildman–Crippen MR) is 87.3 cm³/mol. The van der Waals surface area contributed by atoms with Crippen LogP contribution in [-0.4, -0.2) is 40.2 Å². The molecule has 3 N–H and O–H groups in total. The molecule has 0 unspecified atom stereocenters. The van der Waals surface area contributed by atoms with Gasteiger partial charge in [-0.1, -0.05) is 20.8 Å². The number of carbonyl (C=O) groups excluding carboxylic acids is 1. The van der Waals surface area contributed by atoms with Gasteiger partial charge < -0.3 is 15.7 Å². The first kappa shape index (κ1) is 18.9. The fourth-order valence-electron chi connectivity index (χ4n) is 1.87. The van der Waals surface area contributed by atoms with Gasteiger partial charge in [-0.2, -0.15) is 0 Å². The Kier molecular flexibility index (Phi) is 7.44. The molecule has 1 heterocycles. The molecule has 0 bridgehead atoms. The van der Waals surface area contributed by atoms with E-state index in [2.05, 4.69) is 41.4 Å². The van der Waals surface area contributed by atoms with Gasteiger partial charge in [0.05, 0.1) is 0 Å². The standard InChI is InChI=1S/C16H26N4O3/c1-16(2,3)14-17-11-8-12(20-14)6-4-9-18-15(23)19-10-5-7-13(21)22/h8,11H,4-7,9-10H2,1-3H3,(H,21,22)(H2,18,19,23). The lowest BCUT2D eigenvalue weighted by Gasteiger charge is -2.16. The molecule has 0 atom stereocenters. The van der Waals surface area contributed by atoms with Crippen molar-refractivity contribution in [2.45, 2.75) is 51.9 Å². The summed E-state index contributed by atoms with van der Waals surface area (Å²) < 4.78 is 0. The van der Waals surface area contributed by atoms with E-state index < -0.39 is 5.97 Å². The average Bonchev–Trinajstić information content (AvgIpc) is 2.47. The summed E-state index contributed by atoms with van der Waals surface area (Å²) in [5, 5.41) is 13.9. The average molecular weight is 322 g/mol. The Morgan fingerprint density at radius 1 is 1.17 bits per heavy atom. The number of carboxylic acid groups (broad SMARTS) is 1. The van der Waals surface area contributed by atoms with Gasteiger partial charge in [0.2, 0.25) is 0 Å². The molecule has 0 fully saturated rings. The number of aliphatic carboxylic acids is 1. The zero-order chi connectivity index (χ0) is 17.3. The molecule has 0 spiro atoms. The van der Waals surface area contributed by atoms with Gasteiger partial charge in [0, 0.05) is 36.8 Å². The molecule has 23 heavy (non-hydrogen) atoms. The number of nitrogens with one attached hydrogen (secondary N) is 2. The minimum Gasteiger partial charge on any atom is -0.481 e. The number of carbonyl (C=O) groups is 2. The van der Waals surface area contributed by atoms with Crippen molar-refractivity contribution >= 4 is 12.0 Å². The van der Waals surface area contributed by atoms with E-state index in [-0.39, 0.29) is 17.9 Å². The molecular formula is C16H26N4O3. The Bertz CT molecular complexity index is 526. The molecule has 0 aliphatic carbocycles. The molecule has 0 aromatic carbocycles. The Labute approximate surface area is 136 Å². The van der Waals surface area contributed by atoms with Gasteiger partial charge in [0.15, 0.2) is 0 Å². The molecule has 1 aromatic heterocycles. The van der Waals surface area contributed by atoms with E-state index >= 15 is 0 Å².